The van der Waals surface area contributed by atoms with E-state index >= 15 is 0 Å². The SMILES string of the molecule is CCOc1ccc(C(C)C)cc1[S+]([O-])NC(=O)c1cc2c(F)cc(N(C)C)cc2o1. The van der Waals surface area contributed by atoms with E-state index in [4.69, 9.17) is 9.15 Å². The summed E-state index contributed by atoms with van der Waals surface area (Å²) >= 11 is -1.88. The zero-order chi connectivity index (χ0) is 22.0. The molecule has 1 atom stereocenters. The molecular formula is C22H25FN2O4S. The Morgan fingerprint density at radius 2 is 2.00 bits per heavy atom. The number of ether oxygens (including phenoxy) is 1. The number of halogens is 1. The Hall–Kier alpha value is -2.71. The average Bonchev–Trinajstić information content (AvgIpc) is 3.13. The number of rotatable bonds is 7. The fourth-order valence-corrected chi connectivity index (χ4v) is 3.88. The lowest BCUT2D eigenvalue weighted by molar-refractivity contribution is 0.0956. The first-order valence-corrected chi connectivity index (χ1v) is 10.8. The topological polar surface area (TPSA) is 77.8 Å². The first-order chi connectivity index (χ1) is 14.2. The molecule has 0 saturated carbocycles. The Kier molecular flexibility index (Phi) is 6.58. The summed E-state index contributed by atoms with van der Waals surface area (Å²) in [6.07, 6.45) is 0. The largest absolute Gasteiger partial charge is 0.588 e. The van der Waals surface area contributed by atoms with Crippen LogP contribution in [-0.4, -0.2) is 31.2 Å². The Labute approximate surface area is 178 Å². The second-order valence-corrected chi connectivity index (χ2v) is 8.52. The fraction of sp³-hybridized carbons (Fsp3) is 0.318. The highest BCUT2D eigenvalue weighted by molar-refractivity contribution is 7.90. The van der Waals surface area contributed by atoms with Crippen LogP contribution in [0.1, 0.15) is 42.8 Å². The van der Waals surface area contributed by atoms with Gasteiger partial charge in [0.1, 0.15) is 22.8 Å². The van der Waals surface area contributed by atoms with E-state index in [9.17, 15) is 13.7 Å². The third kappa shape index (κ3) is 4.55. The van der Waals surface area contributed by atoms with Crippen LogP contribution in [0.15, 0.2) is 45.7 Å². The summed E-state index contributed by atoms with van der Waals surface area (Å²) in [5, 5.41) is 0.188. The van der Waals surface area contributed by atoms with Crippen LogP contribution in [0.4, 0.5) is 10.1 Å². The molecule has 1 aromatic heterocycles. The van der Waals surface area contributed by atoms with Gasteiger partial charge in [-0.15, -0.1) is 0 Å². The molecule has 2 aromatic carbocycles. The summed E-state index contributed by atoms with van der Waals surface area (Å²) in [5.41, 5.74) is 1.82. The lowest BCUT2D eigenvalue weighted by Gasteiger charge is -2.15. The molecule has 3 aromatic rings. The minimum Gasteiger partial charge on any atom is -0.588 e. The van der Waals surface area contributed by atoms with Crippen LogP contribution in [0, 0.1) is 5.82 Å². The van der Waals surface area contributed by atoms with Crippen molar-refractivity contribution in [2.24, 2.45) is 0 Å². The third-order valence-electron chi connectivity index (χ3n) is 4.63. The van der Waals surface area contributed by atoms with E-state index in [2.05, 4.69) is 4.72 Å². The van der Waals surface area contributed by atoms with Crippen LogP contribution >= 0.6 is 0 Å². The normalized spacial score (nSPS) is 12.3. The maximum atomic E-state index is 14.4. The van der Waals surface area contributed by atoms with Crippen molar-refractivity contribution in [3.8, 4) is 5.75 Å². The number of hydrogen-bond acceptors (Lipinski definition) is 5. The highest BCUT2D eigenvalue weighted by Crippen LogP contribution is 2.30. The summed E-state index contributed by atoms with van der Waals surface area (Å²) in [6.45, 7) is 6.26. The van der Waals surface area contributed by atoms with E-state index in [0.717, 1.165) is 5.56 Å². The Balaban J connectivity index is 1.88. The minimum absolute atomic E-state index is 0.119. The van der Waals surface area contributed by atoms with E-state index in [1.807, 2.05) is 26.8 Å². The number of nitrogens with one attached hydrogen (secondary N) is 1. The van der Waals surface area contributed by atoms with Crippen molar-refractivity contribution < 1.29 is 22.9 Å². The molecule has 1 heterocycles. The molecule has 0 bridgehead atoms. The number of anilines is 1. The highest BCUT2D eigenvalue weighted by Gasteiger charge is 2.25. The standard InChI is InChI=1S/C22H25FN2O4S/c1-6-28-18-8-7-14(13(2)3)9-21(18)30(27)24-22(26)20-12-16-17(23)10-15(25(4)5)11-19(16)29-20/h7-13H,6H2,1-5H3,(H,24,26). The highest BCUT2D eigenvalue weighted by atomic mass is 32.2. The minimum atomic E-state index is -1.88. The zero-order valence-corrected chi connectivity index (χ0v) is 18.4. The van der Waals surface area contributed by atoms with Crippen molar-refractivity contribution in [1.29, 1.82) is 0 Å². The smallest absolute Gasteiger partial charge is 0.328 e. The van der Waals surface area contributed by atoms with Gasteiger partial charge >= 0.3 is 5.91 Å². The quantitative estimate of drug-likeness (QED) is 0.552. The molecule has 1 N–H and O–H groups in total. The number of carbonyl (C=O) groups excluding carboxylic acids is 1. The number of fused-ring (bicyclic) bond motifs is 1. The summed E-state index contributed by atoms with van der Waals surface area (Å²) in [6, 6.07) is 9.73. The van der Waals surface area contributed by atoms with E-state index in [1.54, 1.807) is 37.2 Å². The summed E-state index contributed by atoms with van der Waals surface area (Å²) in [4.78, 5) is 14.7. The monoisotopic (exact) mass is 432 g/mol. The van der Waals surface area contributed by atoms with Gasteiger partial charge < -0.3 is 18.6 Å². The predicted molar refractivity (Wildman–Crippen MR) is 116 cm³/mol. The van der Waals surface area contributed by atoms with Crippen molar-refractivity contribution in [3.05, 3.63) is 53.5 Å². The van der Waals surface area contributed by atoms with Gasteiger partial charge in [0.25, 0.3) is 0 Å². The van der Waals surface area contributed by atoms with E-state index in [1.165, 1.54) is 12.1 Å². The molecule has 1 unspecified atom stereocenters. The number of hydrogen-bond donors (Lipinski definition) is 1. The summed E-state index contributed by atoms with van der Waals surface area (Å²) in [5.74, 6) is -0.662. The van der Waals surface area contributed by atoms with Crippen molar-refractivity contribution in [2.45, 2.75) is 31.6 Å². The Morgan fingerprint density at radius 3 is 2.63 bits per heavy atom. The first-order valence-electron chi connectivity index (χ1n) is 9.61. The zero-order valence-electron chi connectivity index (χ0n) is 17.6. The van der Waals surface area contributed by atoms with Gasteiger partial charge in [0.2, 0.25) is 4.90 Å². The van der Waals surface area contributed by atoms with E-state index < -0.39 is 23.1 Å². The molecule has 0 saturated heterocycles. The van der Waals surface area contributed by atoms with Crippen molar-refractivity contribution in [1.82, 2.24) is 4.72 Å². The molecular weight excluding hydrogens is 407 g/mol. The van der Waals surface area contributed by atoms with Gasteiger partial charge in [-0.2, -0.15) is 4.72 Å². The number of amides is 1. The second-order valence-electron chi connectivity index (χ2n) is 7.34. The lowest BCUT2D eigenvalue weighted by Crippen LogP contribution is -2.30. The van der Waals surface area contributed by atoms with Crippen LogP contribution in [-0.2, 0) is 11.4 Å². The average molecular weight is 433 g/mol. The van der Waals surface area contributed by atoms with Crippen LogP contribution in [0.5, 0.6) is 5.75 Å². The first kappa shape index (κ1) is 22.0. The molecule has 0 aliphatic rings. The van der Waals surface area contributed by atoms with Crippen LogP contribution in [0.25, 0.3) is 11.0 Å². The number of furan rings is 1. The van der Waals surface area contributed by atoms with Gasteiger partial charge in [0.15, 0.2) is 11.5 Å². The molecule has 160 valence electrons. The molecule has 1 amide bonds. The maximum absolute atomic E-state index is 14.4. The molecule has 0 radical (unpaired) electrons. The number of carbonyl (C=O) groups is 1. The van der Waals surface area contributed by atoms with E-state index in [-0.39, 0.29) is 22.6 Å². The van der Waals surface area contributed by atoms with Gasteiger partial charge in [-0.3, -0.25) is 4.79 Å². The Bertz CT molecular complexity index is 1060. The van der Waals surface area contributed by atoms with Gasteiger partial charge in [-0.25, -0.2) is 4.39 Å². The summed E-state index contributed by atoms with van der Waals surface area (Å²) in [7, 11) is 3.56. The molecule has 6 nitrogen and oxygen atoms in total. The van der Waals surface area contributed by atoms with Crippen LogP contribution < -0.4 is 14.4 Å². The molecule has 3 rings (SSSR count). The number of benzene rings is 2. The molecule has 30 heavy (non-hydrogen) atoms. The van der Waals surface area contributed by atoms with Gasteiger partial charge in [-0.1, -0.05) is 19.9 Å². The predicted octanol–water partition coefficient (Wildman–Crippen LogP) is 4.61. The van der Waals surface area contributed by atoms with Gasteiger partial charge in [0.05, 0.1) is 12.0 Å². The number of nitrogens with zero attached hydrogens (tertiary/aromatic N) is 1. The second kappa shape index (κ2) is 8.97. The van der Waals surface area contributed by atoms with Crippen molar-refractivity contribution in [2.75, 3.05) is 25.6 Å². The van der Waals surface area contributed by atoms with Crippen LogP contribution in [0.2, 0.25) is 0 Å². The van der Waals surface area contributed by atoms with Crippen molar-refractivity contribution >= 4 is 33.9 Å². The van der Waals surface area contributed by atoms with Crippen molar-refractivity contribution in [3.63, 3.8) is 0 Å². The van der Waals surface area contributed by atoms with Gasteiger partial charge in [0, 0.05) is 38.0 Å². The fourth-order valence-electron chi connectivity index (χ4n) is 2.95. The lowest BCUT2D eigenvalue weighted by atomic mass is 10.0. The van der Waals surface area contributed by atoms with Gasteiger partial charge in [-0.05, 0) is 30.5 Å². The molecule has 0 aliphatic carbocycles. The molecule has 0 fully saturated rings. The van der Waals surface area contributed by atoms with E-state index in [0.29, 0.717) is 22.9 Å². The molecule has 0 aliphatic heterocycles. The third-order valence-corrected chi connectivity index (χ3v) is 5.72. The van der Waals surface area contributed by atoms with Crippen LogP contribution in [0.3, 0.4) is 0 Å². The Morgan fingerprint density at radius 1 is 1.27 bits per heavy atom. The summed E-state index contributed by atoms with van der Waals surface area (Å²) < 4.78 is 40.8. The molecule has 0 spiro atoms. The molecule has 8 heteroatoms. The maximum Gasteiger partial charge on any atom is 0.328 e.